The second-order valence-electron chi connectivity index (χ2n) is 4.99. The summed E-state index contributed by atoms with van der Waals surface area (Å²) in [4.78, 5) is 18.0. The lowest BCUT2D eigenvalue weighted by Crippen LogP contribution is -2.37. The van der Waals surface area contributed by atoms with Crippen molar-refractivity contribution in [3.05, 3.63) is 36.5 Å². The van der Waals surface area contributed by atoms with Crippen molar-refractivity contribution in [2.45, 2.75) is 20.0 Å². The number of anilines is 1. The van der Waals surface area contributed by atoms with Crippen LogP contribution < -0.4 is 5.32 Å². The number of ether oxygens (including phenoxy) is 1. The van der Waals surface area contributed by atoms with E-state index in [4.69, 9.17) is 4.74 Å². The second-order valence-corrected chi connectivity index (χ2v) is 4.99. The number of likely N-dealkylation sites (N-methyl/N-ethyl adjacent to an activating group) is 1. The molecule has 5 heteroatoms. The van der Waals surface area contributed by atoms with E-state index >= 15 is 0 Å². The number of hydrogen-bond acceptors (Lipinski definition) is 3. The van der Waals surface area contributed by atoms with Gasteiger partial charge in [-0.3, -0.25) is 4.98 Å². The molecule has 0 fully saturated rings. The van der Waals surface area contributed by atoms with E-state index in [9.17, 15) is 4.79 Å². The molecule has 0 spiro atoms. The summed E-state index contributed by atoms with van der Waals surface area (Å²) >= 11 is 0. The van der Waals surface area contributed by atoms with Gasteiger partial charge in [0.05, 0.1) is 11.6 Å². The molecule has 0 radical (unpaired) electrons. The molecule has 0 saturated heterocycles. The van der Waals surface area contributed by atoms with Crippen LogP contribution in [0.4, 0.5) is 10.5 Å². The average Bonchev–Trinajstić information content (AvgIpc) is 2.47. The smallest absolute Gasteiger partial charge is 0.321 e. The van der Waals surface area contributed by atoms with Gasteiger partial charge in [0.2, 0.25) is 0 Å². The van der Waals surface area contributed by atoms with Crippen molar-refractivity contribution in [3.8, 4) is 0 Å². The van der Waals surface area contributed by atoms with E-state index in [-0.39, 0.29) is 12.1 Å². The second kappa shape index (κ2) is 7.04. The van der Waals surface area contributed by atoms with Crippen molar-refractivity contribution in [2.75, 3.05) is 25.5 Å². The number of urea groups is 1. The van der Waals surface area contributed by atoms with Gasteiger partial charge in [-0.15, -0.1) is 0 Å². The van der Waals surface area contributed by atoms with Crippen LogP contribution in [0.25, 0.3) is 10.9 Å². The van der Waals surface area contributed by atoms with Crippen molar-refractivity contribution < 1.29 is 9.53 Å². The molecule has 0 aliphatic carbocycles. The summed E-state index contributed by atoms with van der Waals surface area (Å²) in [5, 5.41) is 3.89. The van der Waals surface area contributed by atoms with Crippen LogP contribution in [0.15, 0.2) is 36.5 Å². The molecular formula is C16H21N3O2. The molecule has 0 aliphatic heterocycles. The summed E-state index contributed by atoms with van der Waals surface area (Å²) in [6.45, 7) is 5.10. The largest absolute Gasteiger partial charge is 0.377 e. The van der Waals surface area contributed by atoms with Gasteiger partial charge in [0, 0.05) is 37.5 Å². The standard InChI is InChI=1S/C16H21N3O2/c1-4-21-12(2)11-19(3)16(20)18-14-7-8-15-13(10-14)6-5-9-17-15/h5-10,12H,4,11H2,1-3H3,(H,18,20)/t12-/m1/s1. The molecule has 0 bridgehead atoms. The number of carbonyl (C=O) groups is 1. The van der Waals surface area contributed by atoms with Crippen LogP contribution in [0.2, 0.25) is 0 Å². The minimum Gasteiger partial charge on any atom is -0.377 e. The van der Waals surface area contributed by atoms with E-state index in [2.05, 4.69) is 10.3 Å². The Kier molecular flexibility index (Phi) is 5.11. The normalized spacial score (nSPS) is 12.1. The maximum Gasteiger partial charge on any atom is 0.321 e. The first-order valence-corrected chi connectivity index (χ1v) is 7.08. The Hall–Kier alpha value is -2.14. The molecule has 1 heterocycles. The summed E-state index contributed by atoms with van der Waals surface area (Å²) in [7, 11) is 1.76. The summed E-state index contributed by atoms with van der Waals surface area (Å²) in [5.41, 5.74) is 1.67. The lowest BCUT2D eigenvalue weighted by atomic mass is 10.2. The van der Waals surface area contributed by atoms with E-state index in [1.165, 1.54) is 0 Å². The summed E-state index contributed by atoms with van der Waals surface area (Å²) in [6.07, 6.45) is 1.77. The van der Waals surface area contributed by atoms with Crippen molar-refractivity contribution >= 4 is 22.6 Å². The lowest BCUT2D eigenvalue weighted by Gasteiger charge is -2.22. The fraction of sp³-hybridized carbons (Fsp3) is 0.375. The third-order valence-electron chi connectivity index (χ3n) is 3.18. The Labute approximate surface area is 124 Å². The summed E-state index contributed by atoms with van der Waals surface area (Å²) in [5.74, 6) is 0. The molecule has 1 aromatic carbocycles. The number of pyridine rings is 1. The topological polar surface area (TPSA) is 54.5 Å². The predicted molar refractivity (Wildman–Crippen MR) is 84.5 cm³/mol. The summed E-state index contributed by atoms with van der Waals surface area (Å²) < 4.78 is 5.44. The Morgan fingerprint density at radius 1 is 1.43 bits per heavy atom. The minimum absolute atomic E-state index is 0.0200. The zero-order chi connectivity index (χ0) is 15.2. The van der Waals surface area contributed by atoms with Gasteiger partial charge >= 0.3 is 6.03 Å². The van der Waals surface area contributed by atoms with Gasteiger partial charge in [-0.2, -0.15) is 0 Å². The molecule has 2 amide bonds. The number of carbonyl (C=O) groups excluding carboxylic acids is 1. The van der Waals surface area contributed by atoms with E-state index in [1.54, 1.807) is 18.1 Å². The fourth-order valence-corrected chi connectivity index (χ4v) is 2.18. The van der Waals surface area contributed by atoms with Crippen molar-refractivity contribution in [1.82, 2.24) is 9.88 Å². The SMILES string of the molecule is CCO[C@H](C)CN(C)C(=O)Nc1ccc2ncccc2c1. The first-order chi connectivity index (χ1) is 10.1. The molecule has 2 rings (SSSR count). The van der Waals surface area contributed by atoms with Crippen LogP contribution in [0.5, 0.6) is 0 Å². The van der Waals surface area contributed by atoms with Gasteiger partial charge < -0.3 is 15.0 Å². The Morgan fingerprint density at radius 3 is 3.00 bits per heavy atom. The number of amides is 2. The lowest BCUT2D eigenvalue weighted by molar-refractivity contribution is 0.0594. The number of fused-ring (bicyclic) bond motifs is 1. The van der Waals surface area contributed by atoms with Gasteiger partial charge in [0.15, 0.2) is 0 Å². The molecule has 1 aromatic heterocycles. The highest BCUT2D eigenvalue weighted by Crippen LogP contribution is 2.17. The first-order valence-electron chi connectivity index (χ1n) is 7.08. The Bertz CT molecular complexity index is 615. The number of nitrogens with one attached hydrogen (secondary N) is 1. The predicted octanol–water partition coefficient (Wildman–Crippen LogP) is 3.12. The molecular weight excluding hydrogens is 266 g/mol. The molecule has 0 aliphatic rings. The third kappa shape index (κ3) is 4.16. The number of rotatable bonds is 5. The van der Waals surface area contributed by atoms with Gasteiger partial charge in [0.1, 0.15) is 0 Å². The molecule has 1 N–H and O–H groups in total. The number of benzene rings is 1. The number of aromatic nitrogens is 1. The van der Waals surface area contributed by atoms with Crippen molar-refractivity contribution in [2.24, 2.45) is 0 Å². The monoisotopic (exact) mass is 287 g/mol. The van der Waals surface area contributed by atoms with Crippen LogP contribution in [0, 0.1) is 0 Å². The Balaban J connectivity index is 2.00. The molecule has 0 unspecified atom stereocenters. The summed E-state index contributed by atoms with van der Waals surface area (Å²) in [6, 6.07) is 9.37. The molecule has 21 heavy (non-hydrogen) atoms. The van der Waals surface area contributed by atoms with Gasteiger partial charge in [0.25, 0.3) is 0 Å². The van der Waals surface area contributed by atoms with Crippen LogP contribution >= 0.6 is 0 Å². The maximum absolute atomic E-state index is 12.1. The average molecular weight is 287 g/mol. The zero-order valence-electron chi connectivity index (χ0n) is 12.7. The van der Waals surface area contributed by atoms with E-state index in [0.29, 0.717) is 13.2 Å². The highest BCUT2D eigenvalue weighted by Gasteiger charge is 2.12. The molecule has 1 atom stereocenters. The third-order valence-corrected chi connectivity index (χ3v) is 3.18. The molecule has 2 aromatic rings. The highest BCUT2D eigenvalue weighted by atomic mass is 16.5. The van der Waals surface area contributed by atoms with Crippen LogP contribution in [-0.4, -0.2) is 42.2 Å². The Morgan fingerprint density at radius 2 is 2.24 bits per heavy atom. The number of hydrogen-bond donors (Lipinski definition) is 1. The zero-order valence-corrected chi connectivity index (χ0v) is 12.7. The van der Waals surface area contributed by atoms with Gasteiger partial charge in [-0.05, 0) is 38.1 Å². The molecule has 5 nitrogen and oxygen atoms in total. The van der Waals surface area contributed by atoms with Crippen LogP contribution in [0.1, 0.15) is 13.8 Å². The van der Waals surface area contributed by atoms with Crippen molar-refractivity contribution in [1.29, 1.82) is 0 Å². The first kappa shape index (κ1) is 15.3. The number of nitrogens with zero attached hydrogens (tertiary/aromatic N) is 2. The van der Waals surface area contributed by atoms with E-state index in [1.807, 2.05) is 44.2 Å². The fourth-order valence-electron chi connectivity index (χ4n) is 2.18. The van der Waals surface area contributed by atoms with E-state index < -0.39 is 0 Å². The maximum atomic E-state index is 12.1. The van der Waals surface area contributed by atoms with Gasteiger partial charge in [-0.1, -0.05) is 6.07 Å². The van der Waals surface area contributed by atoms with Crippen molar-refractivity contribution in [3.63, 3.8) is 0 Å². The van der Waals surface area contributed by atoms with E-state index in [0.717, 1.165) is 16.6 Å². The molecule has 0 saturated carbocycles. The quantitative estimate of drug-likeness (QED) is 0.919. The minimum atomic E-state index is -0.148. The van der Waals surface area contributed by atoms with Gasteiger partial charge in [-0.25, -0.2) is 4.79 Å². The van der Waals surface area contributed by atoms with Crippen LogP contribution in [-0.2, 0) is 4.74 Å². The molecule has 112 valence electrons. The van der Waals surface area contributed by atoms with Crippen LogP contribution in [0.3, 0.4) is 0 Å². The highest BCUT2D eigenvalue weighted by molar-refractivity contribution is 5.92.